The molecule has 2 rings (SSSR count). The first kappa shape index (κ1) is 29.0. The first-order valence-corrected chi connectivity index (χ1v) is 12.5. The highest BCUT2D eigenvalue weighted by Crippen LogP contribution is 2.19. The summed E-state index contributed by atoms with van der Waals surface area (Å²) in [6.45, 7) is 3.93. The number of benzene rings is 1. The fourth-order valence-corrected chi connectivity index (χ4v) is 4.06. The quantitative estimate of drug-likeness (QED) is 0.339. The Balaban J connectivity index is 2.04. The molecular weight excluding hydrogens is 456 g/mol. The van der Waals surface area contributed by atoms with Gasteiger partial charge in [0, 0.05) is 25.3 Å². The minimum absolute atomic E-state index is 0.0134. The van der Waals surface area contributed by atoms with Crippen molar-refractivity contribution in [3.05, 3.63) is 83.0 Å². The van der Waals surface area contributed by atoms with Crippen molar-refractivity contribution < 1.29 is 29.3 Å². The van der Waals surface area contributed by atoms with E-state index in [1.807, 2.05) is 50.3 Å². The van der Waals surface area contributed by atoms with Crippen LogP contribution in [0.1, 0.15) is 70.8 Å². The molecule has 1 heterocycles. The molecule has 0 spiro atoms. The Morgan fingerprint density at radius 1 is 1.14 bits per heavy atom. The molecule has 0 amide bonds. The van der Waals surface area contributed by atoms with E-state index < -0.39 is 24.1 Å². The summed E-state index contributed by atoms with van der Waals surface area (Å²) < 4.78 is 5.55. The fourth-order valence-electron chi connectivity index (χ4n) is 4.06. The number of hydrogen-bond acceptors (Lipinski definition) is 5. The minimum atomic E-state index is -1.03. The van der Waals surface area contributed by atoms with E-state index in [1.165, 1.54) is 11.6 Å². The fraction of sp³-hybridized carbons (Fsp3) is 0.433. The summed E-state index contributed by atoms with van der Waals surface area (Å²) in [7, 11) is 0. The van der Waals surface area contributed by atoms with E-state index in [0.717, 1.165) is 17.6 Å². The van der Waals surface area contributed by atoms with Crippen LogP contribution in [0.3, 0.4) is 0 Å². The molecule has 36 heavy (non-hydrogen) atoms. The van der Waals surface area contributed by atoms with E-state index in [0.29, 0.717) is 37.7 Å². The van der Waals surface area contributed by atoms with Crippen molar-refractivity contribution in [3.63, 3.8) is 0 Å². The summed E-state index contributed by atoms with van der Waals surface area (Å²) in [6.07, 6.45) is 10.6. The summed E-state index contributed by atoms with van der Waals surface area (Å²) in [5, 5.41) is 19.7. The number of carbonyl (C=O) groups excluding carboxylic acids is 2. The second-order valence-corrected chi connectivity index (χ2v) is 9.47. The summed E-state index contributed by atoms with van der Waals surface area (Å²) >= 11 is 0. The molecule has 0 bridgehead atoms. The van der Waals surface area contributed by atoms with E-state index in [4.69, 9.17) is 9.84 Å². The van der Waals surface area contributed by atoms with E-state index >= 15 is 0 Å². The third kappa shape index (κ3) is 12.5. The van der Waals surface area contributed by atoms with Crippen LogP contribution in [0, 0.1) is 0 Å². The second kappa shape index (κ2) is 15.7. The Kier molecular flexibility index (Phi) is 12.6. The third-order valence-electron chi connectivity index (χ3n) is 6.01. The standard InChI is InChI=1S/C30H38O6/c1-22(13-15-24-10-6-4-7-11-24)14-16-26(31)20-28-21-27(32)17-23(2)9-5-3-8-12-25(18-29(33)34)19-30(35)36-28/h3-4,6-11,13,19,27-28,32H,5,12,14-18,20-21H2,1-2H3,(H,33,34)/b8-3+,22-13+,23-9+,25-19+/t27-,28+/m1/s1. The topological polar surface area (TPSA) is 101 Å². The van der Waals surface area contributed by atoms with Gasteiger partial charge in [-0.1, -0.05) is 65.8 Å². The van der Waals surface area contributed by atoms with Crippen LogP contribution in [-0.2, 0) is 25.5 Å². The average molecular weight is 495 g/mol. The molecule has 0 radical (unpaired) electrons. The van der Waals surface area contributed by atoms with Crippen molar-refractivity contribution >= 4 is 17.7 Å². The van der Waals surface area contributed by atoms with E-state index in [9.17, 15) is 19.5 Å². The number of carboxylic acid groups (broad SMARTS) is 1. The van der Waals surface area contributed by atoms with Crippen molar-refractivity contribution in [2.24, 2.45) is 0 Å². The van der Waals surface area contributed by atoms with Gasteiger partial charge in [-0.05, 0) is 57.1 Å². The van der Waals surface area contributed by atoms with Crippen LogP contribution in [0.15, 0.2) is 77.4 Å². The number of ether oxygens (including phenoxy) is 1. The number of aliphatic hydroxyl groups is 1. The maximum atomic E-state index is 12.7. The van der Waals surface area contributed by atoms with Crippen molar-refractivity contribution in [2.75, 3.05) is 0 Å². The molecule has 0 unspecified atom stereocenters. The number of allylic oxidation sites excluding steroid dienone is 5. The van der Waals surface area contributed by atoms with E-state index in [2.05, 4.69) is 18.2 Å². The molecule has 0 aromatic heterocycles. The monoisotopic (exact) mass is 494 g/mol. The molecule has 0 saturated heterocycles. The lowest BCUT2D eigenvalue weighted by molar-refractivity contribution is -0.146. The molecule has 194 valence electrons. The molecule has 0 saturated carbocycles. The van der Waals surface area contributed by atoms with Gasteiger partial charge in [-0.3, -0.25) is 9.59 Å². The Morgan fingerprint density at radius 2 is 1.89 bits per heavy atom. The van der Waals surface area contributed by atoms with Crippen molar-refractivity contribution in [2.45, 2.75) is 83.8 Å². The zero-order valence-electron chi connectivity index (χ0n) is 21.3. The molecule has 1 aromatic rings. The zero-order valence-corrected chi connectivity index (χ0v) is 21.3. The molecular formula is C30H38O6. The first-order chi connectivity index (χ1) is 17.2. The molecule has 0 fully saturated rings. The number of carbonyl (C=O) groups is 3. The smallest absolute Gasteiger partial charge is 0.331 e. The predicted octanol–water partition coefficient (Wildman–Crippen LogP) is 5.67. The van der Waals surface area contributed by atoms with Crippen molar-refractivity contribution in [1.82, 2.24) is 0 Å². The van der Waals surface area contributed by atoms with Gasteiger partial charge in [0.05, 0.1) is 12.5 Å². The average Bonchev–Trinajstić information content (AvgIpc) is 2.80. The van der Waals surface area contributed by atoms with Crippen molar-refractivity contribution in [1.29, 1.82) is 0 Å². The normalized spacial score (nSPS) is 23.9. The highest BCUT2D eigenvalue weighted by atomic mass is 16.5. The van der Waals surface area contributed by atoms with Crippen LogP contribution in [-0.4, -0.2) is 40.1 Å². The highest BCUT2D eigenvalue weighted by molar-refractivity contribution is 5.85. The number of carboxylic acids is 1. The number of aliphatic hydroxyl groups excluding tert-OH is 1. The van der Waals surface area contributed by atoms with Gasteiger partial charge < -0.3 is 14.9 Å². The zero-order chi connectivity index (χ0) is 26.3. The maximum Gasteiger partial charge on any atom is 0.331 e. The summed E-state index contributed by atoms with van der Waals surface area (Å²) in [6, 6.07) is 10.1. The largest absolute Gasteiger partial charge is 0.481 e. The van der Waals surface area contributed by atoms with Crippen LogP contribution in [0.4, 0.5) is 0 Å². The first-order valence-electron chi connectivity index (χ1n) is 12.5. The Morgan fingerprint density at radius 3 is 2.61 bits per heavy atom. The molecule has 1 aromatic carbocycles. The van der Waals surface area contributed by atoms with Crippen LogP contribution in [0.5, 0.6) is 0 Å². The molecule has 1 aliphatic heterocycles. The molecule has 6 nitrogen and oxygen atoms in total. The summed E-state index contributed by atoms with van der Waals surface area (Å²) in [4.78, 5) is 36.5. The van der Waals surface area contributed by atoms with E-state index in [-0.39, 0.29) is 25.0 Å². The SMILES string of the molecule is C/C(=C\Cc1ccccc1)CCC(=O)C[C@H]1C[C@H](O)C/C(C)=C/C/C=C/C/C(CC(=O)O)=C\C(=O)O1. The number of cyclic esters (lactones) is 1. The molecule has 0 aliphatic carbocycles. The third-order valence-corrected chi connectivity index (χ3v) is 6.01. The summed E-state index contributed by atoms with van der Waals surface area (Å²) in [5.74, 6) is -1.76. The summed E-state index contributed by atoms with van der Waals surface area (Å²) in [5.41, 5.74) is 3.75. The van der Waals surface area contributed by atoms with Gasteiger partial charge in [0.15, 0.2) is 0 Å². The number of ketones is 1. The van der Waals surface area contributed by atoms with Crippen LogP contribution in [0.25, 0.3) is 0 Å². The van der Waals surface area contributed by atoms with Gasteiger partial charge in [0.25, 0.3) is 0 Å². The van der Waals surface area contributed by atoms with Crippen LogP contribution in [0.2, 0.25) is 0 Å². The molecule has 6 heteroatoms. The van der Waals surface area contributed by atoms with Gasteiger partial charge in [0.1, 0.15) is 11.9 Å². The Bertz CT molecular complexity index is 1000. The van der Waals surface area contributed by atoms with E-state index in [1.54, 1.807) is 0 Å². The number of rotatable bonds is 9. The lowest BCUT2D eigenvalue weighted by Gasteiger charge is -2.21. The van der Waals surface area contributed by atoms with Crippen LogP contribution >= 0.6 is 0 Å². The highest BCUT2D eigenvalue weighted by Gasteiger charge is 2.22. The second-order valence-electron chi connectivity index (χ2n) is 9.47. The van der Waals surface area contributed by atoms with Gasteiger partial charge in [-0.2, -0.15) is 0 Å². The number of aliphatic carboxylic acids is 1. The van der Waals surface area contributed by atoms with Gasteiger partial charge in [-0.25, -0.2) is 4.79 Å². The minimum Gasteiger partial charge on any atom is -0.481 e. The lowest BCUT2D eigenvalue weighted by atomic mass is 9.98. The van der Waals surface area contributed by atoms with Gasteiger partial charge in [0.2, 0.25) is 0 Å². The maximum absolute atomic E-state index is 12.7. The van der Waals surface area contributed by atoms with Crippen molar-refractivity contribution in [3.8, 4) is 0 Å². The van der Waals surface area contributed by atoms with Crippen LogP contribution < -0.4 is 0 Å². The molecule has 2 N–H and O–H groups in total. The number of Topliss-reactive ketones (excluding diaryl/α,β-unsaturated/α-hetero) is 1. The van der Waals surface area contributed by atoms with Gasteiger partial charge >= 0.3 is 11.9 Å². The number of esters is 1. The number of hydrogen-bond donors (Lipinski definition) is 2. The van der Waals surface area contributed by atoms with Gasteiger partial charge in [-0.15, -0.1) is 0 Å². The predicted molar refractivity (Wildman–Crippen MR) is 140 cm³/mol. The molecule has 2 atom stereocenters. The Labute approximate surface area is 214 Å². The molecule has 1 aliphatic rings. The lowest BCUT2D eigenvalue weighted by Crippen LogP contribution is -2.26. The Hall–Kier alpha value is -3.25.